The predicted molar refractivity (Wildman–Crippen MR) is 120 cm³/mol. The number of aryl methyl sites for hydroxylation is 2. The number of carbonyl (C=O) groups excluding carboxylic acids is 2. The van der Waals surface area contributed by atoms with Gasteiger partial charge in [0.2, 0.25) is 0 Å². The molecule has 6 nitrogen and oxygen atoms in total. The minimum atomic E-state index is -0.316. The van der Waals surface area contributed by atoms with Crippen molar-refractivity contribution in [3.05, 3.63) is 64.9 Å². The molecule has 1 unspecified atom stereocenters. The van der Waals surface area contributed by atoms with Crippen molar-refractivity contribution in [3.63, 3.8) is 0 Å². The number of imide groups is 1. The van der Waals surface area contributed by atoms with Gasteiger partial charge in [-0.15, -0.1) is 0 Å². The van der Waals surface area contributed by atoms with Gasteiger partial charge in [-0.3, -0.25) is 9.59 Å². The van der Waals surface area contributed by atoms with E-state index in [1.165, 1.54) is 4.90 Å². The molecule has 4 rings (SSSR count). The minimum absolute atomic E-state index is 0.0764. The Morgan fingerprint density at radius 3 is 2.45 bits per heavy atom. The molecule has 1 atom stereocenters. The summed E-state index contributed by atoms with van der Waals surface area (Å²) in [5.74, 6) is 0.124. The van der Waals surface area contributed by atoms with Gasteiger partial charge in [0.25, 0.3) is 11.8 Å². The van der Waals surface area contributed by atoms with Crippen LogP contribution in [0.25, 0.3) is 5.57 Å². The van der Waals surface area contributed by atoms with Crippen LogP contribution in [0.15, 0.2) is 48.2 Å². The molecule has 0 aliphatic carbocycles. The number of anilines is 1. The average Bonchev–Trinajstić information content (AvgIpc) is 3.04. The Balaban J connectivity index is 1.82. The van der Waals surface area contributed by atoms with Crippen LogP contribution in [0, 0.1) is 19.8 Å². The van der Waals surface area contributed by atoms with E-state index in [2.05, 4.69) is 0 Å². The van der Waals surface area contributed by atoms with Crippen LogP contribution in [-0.2, 0) is 9.59 Å². The number of aliphatic hydroxyl groups excluding tert-OH is 1. The largest absolute Gasteiger partial charge is 0.497 e. The van der Waals surface area contributed by atoms with Crippen LogP contribution >= 0.6 is 0 Å². The lowest BCUT2D eigenvalue weighted by Gasteiger charge is -2.34. The molecule has 1 N–H and O–H groups in total. The molecule has 2 heterocycles. The van der Waals surface area contributed by atoms with E-state index in [1.807, 2.05) is 36.9 Å². The molecule has 1 saturated heterocycles. The van der Waals surface area contributed by atoms with E-state index in [0.29, 0.717) is 35.8 Å². The minimum Gasteiger partial charge on any atom is -0.497 e. The lowest BCUT2D eigenvalue weighted by Crippen LogP contribution is -2.40. The first-order chi connectivity index (χ1) is 14.9. The van der Waals surface area contributed by atoms with Gasteiger partial charge < -0.3 is 14.7 Å². The van der Waals surface area contributed by atoms with E-state index in [-0.39, 0.29) is 24.3 Å². The monoisotopic (exact) mass is 420 g/mol. The van der Waals surface area contributed by atoms with E-state index in [0.717, 1.165) is 29.5 Å². The predicted octanol–water partition coefficient (Wildman–Crippen LogP) is 3.30. The number of aliphatic hydroxyl groups is 1. The molecule has 1 fully saturated rings. The Labute approximate surface area is 182 Å². The second-order valence-electron chi connectivity index (χ2n) is 8.32. The van der Waals surface area contributed by atoms with Crippen LogP contribution in [0.1, 0.15) is 29.5 Å². The Kier molecular flexibility index (Phi) is 5.83. The SMILES string of the molecule is COc1ccc(N2C(=O)C(c3ccc(C)cc3C)=C(N3CCCC(CO)C3)C2=O)cc1. The summed E-state index contributed by atoms with van der Waals surface area (Å²) < 4.78 is 5.21. The molecular formula is C25H28N2O4. The first-order valence-electron chi connectivity index (χ1n) is 10.6. The summed E-state index contributed by atoms with van der Waals surface area (Å²) in [6, 6.07) is 12.9. The van der Waals surface area contributed by atoms with Crippen molar-refractivity contribution in [2.75, 3.05) is 31.7 Å². The van der Waals surface area contributed by atoms with Gasteiger partial charge in [-0.2, -0.15) is 0 Å². The first-order valence-corrected chi connectivity index (χ1v) is 10.6. The Hall–Kier alpha value is -3.12. The fourth-order valence-corrected chi connectivity index (χ4v) is 4.53. The maximum Gasteiger partial charge on any atom is 0.282 e. The molecule has 2 aromatic carbocycles. The third-order valence-corrected chi connectivity index (χ3v) is 6.13. The van der Waals surface area contributed by atoms with E-state index < -0.39 is 0 Å². The zero-order chi connectivity index (χ0) is 22.1. The fraction of sp³-hybridized carbons (Fsp3) is 0.360. The number of piperidine rings is 1. The van der Waals surface area contributed by atoms with Crippen molar-refractivity contribution in [2.24, 2.45) is 5.92 Å². The molecule has 2 amide bonds. The van der Waals surface area contributed by atoms with Gasteiger partial charge in [-0.25, -0.2) is 4.90 Å². The first kappa shape index (κ1) is 21.1. The number of hydrogen-bond acceptors (Lipinski definition) is 5. The number of hydrogen-bond donors (Lipinski definition) is 1. The molecule has 2 aliphatic rings. The maximum atomic E-state index is 13.7. The van der Waals surface area contributed by atoms with Crippen LogP contribution in [-0.4, -0.2) is 48.6 Å². The summed E-state index contributed by atoms with van der Waals surface area (Å²) in [5, 5.41) is 9.69. The topological polar surface area (TPSA) is 70.1 Å². The molecule has 162 valence electrons. The summed E-state index contributed by atoms with van der Waals surface area (Å²) >= 11 is 0. The van der Waals surface area contributed by atoms with Gasteiger partial charge in [0.1, 0.15) is 11.4 Å². The molecular weight excluding hydrogens is 392 g/mol. The Bertz CT molecular complexity index is 1040. The standard InChI is InChI=1S/C25H28N2O4/c1-16-6-11-21(17(2)13-16)22-23(26-12-4-5-18(14-26)15-28)25(30)27(24(22)29)19-7-9-20(31-3)10-8-19/h6-11,13,18,28H,4-5,12,14-15H2,1-3H3. The van der Waals surface area contributed by atoms with Crippen molar-refractivity contribution >= 4 is 23.1 Å². The highest BCUT2D eigenvalue weighted by molar-refractivity contribution is 6.45. The molecule has 2 aliphatic heterocycles. The summed E-state index contributed by atoms with van der Waals surface area (Å²) in [5.41, 5.74) is 4.24. The second kappa shape index (κ2) is 8.55. The van der Waals surface area contributed by atoms with Crippen LogP contribution in [0.2, 0.25) is 0 Å². The lowest BCUT2D eigenvalue weighted by atomic mass is 9.95. The lowest BCUT2D eigenvalue weighted by molar-refractivity contribution is -0.120. The average molecular weight is 421 g/mol. The number of likely N-dealkylation sites (tertiary alicyclic amines) is 1. The molecule has 0 aromatic heterocycles. The van der Waals surface area contributed by atoms with Gasteiger partial charge in [0.05, 0.1) is 18.4 Å². The molecule has 2 aromatic rings. The number of amides is 2. The third-order valence-electron chi connectivity index (χ3n) is 6.13. The Morgan fingerprint density at radius 2 is 1.81 bits per heavy atom. The molecule has 0 saturated carbocycles. The van der Waals surface area contributed by atoms with Crippen molar-refractivity contribution in [3.8, 4) is 5.75 Å². The summed E-state index contributed by atoms with van der Waals surface area (Å²) in [7, 11) is 1.58. The highest BCUT2D eigenvalue weighted by Crippen LogP contribution is 2.38. The van der Waals surface area contributed by atoms with E-state index >= 15 is 0 Å². The second-order valence-corrected chi connectivity index (χ2v) is 8.32. The van der Waals surface area contributed by atoms with Gasteiger partial charge in [-0.05, 0) is 68.0 Å². The van der Waals surface area contributed by atoms with E-state index in [4.69, 9.17) is 4.74 Å². The van der Waals surface area contributed by atoms with Crippen LogP contribution in [0.5, 0.6) is 5.75 Å². The van der Waals surface area contributed by atoms with E-state index in [9.17, 15) is 14.7 Å². The third kappa shape index (κ3) is 3.83. The normalized spacial score (nSPS) is 19.4. The highest BCUT2D eigenvalue weighted by atomic mass is 16.5. The zero-order valence-electron chi connectivity index (χ0n) is 18.2. The number of benzene rings is 2. The van der Waals surface area contributed by atoms with Gasteiger partial charge >= 0.3 is 0 Å². The number of nitrogens with zero attached hydrogens (tertiary/aromatic N) is 2. The fourth-order valence-electron chi connectivity index (χ4n) is 4.53. The molecule has 31 heavy (non-hydrogen) atoms. The summed E-state index contributed by atoms with van der Waals surface area (Å²) in [6.45, 7) is 5.31. The maximum absolute atomic E-state index is 13.7. The Morgan fingerprint density at radius 1 is 1.06 bits per heavy atom. The van der Waals surface area contributed by atoms with Gasteiger partial charge in [0.15, 0.2) is 0 Å². The summed E-state index contributed by atoms with van der Waals surface area (Å²) in [4.78, 5) is 30.5. The van der Waals surface area contributed by atoms with Crippen LogP contribution < -0.4 is 9.64 Å². The summed E-state index contributed by atoms with van der Waals surface area (Å²) in [6.07, 6.45) is 1.79. The number of rotatable bonds is 5. The number of ether oxygens (including phenoxy) is 1. The quantitative estimate of drug-likeness (QED) is 0.752. The molecule has 0 radical (unpaired) electrons. The molecule has 0 spiro atoms. The smallest absolute Gasteiger partial charge is 0.282 e. The van der Waals surface area contributed by atoms with Crippen molar-refractivity contribution in [2.45, 2.75) is 26.7 Å². The number of carbonyl (C=O) groups is 2. The van der Waals surface area contributed by atoms with Gasteiger partial charge in [0, 0.05) is 19.7 Å². The van der Waals surface area contributed by atoms with Crippen LogP contribution in [0.3, 0.4) is 0 Å². The van der Waals surface area contributed by atoms with Crippen LogP contribution in [0.4, 0.5) is 5.69 Å². The van der Waals surface area contributed by atoms with Crippen molar-refractivity contribution in [1.29, 1.82) is 0 Å². The molecule has 6 heteroatoms. The van der Waals surface area contributed by atoms with Crippen molar-refractivity contribution < 1.29 is 19.4 Å². The molecule has 0 bridgehead atoms. The zero-order valence-corrected chi connectivity index (χ0v) is 18.2. The van der Waals surface area contributed by atoms with Crippen molar-refractivity contribution in [1.82, 2.24) is 4.90 Å². The number of methoxy groups -OCH3 is 1. The highest BCUT2D eigenvalue weighted by Gasteiger charge is 2.43. The van der Waals surface area contributed by atoms with E-state index in [1.54, 1.807) is 31.4 Å². The van der Waals surface area contributed by atoms with Gasteiger partial charge in [-0.1, -0.05) is 23.8 Å².